The molecule has 0 aliphatic rings. The quantitative estimate of drug-likeness (QED) is 0.277. The van der Waals surface area contributed by atoms with Gasteiger partial charge in [0, 0.05) is 5.92 Å². The number of hydrogen-bond acceptors (Lipinski definition) is 2. The summed E-state index contributed by atoms with van der Waals surface area (Å²) in [6.07, 6.45) is 1.98. The van der Waals surface area contributed by atoms with Gasteiger partial charge in [-0.05, 0) is 36.2 Å². The molecule has 1 unspecified atom stereocenters. The van der Waals surface area contributed by atoms with Crippen LogP contribution in [0.4, 0.5) is 0 Å². The molecule has 0 amide bonds. The van der Waals surface area contributed by atoms with E-state index < -0.39 is 16.4 Å². The molecular formula is C25H44O2Si2. The summed E-state index contributed by atoms with van der Waals surface area (Å²) in [6.45, 7) is 22.3. The molecule has 0 aliphatic heterocycles. The van der Waals surface area contributed by atoms with Crippen molar-refractivity contribution < 1.29 is 9.22 Å². The Morgan fingerprint density at radius 2 is 1.52 bits per heavy atom. The maximum absolute atomic E-state index is 13.8. The number of carbonyl (C=O) groups excluding carboxylic acids is 1. The van der Waals surface area contributed by atoms with Gasteiger partial charge in [0.1, 0.15) is 13.5 Å². The smallest absolute Gasteiger partial charge is 0.192 e. The van der Waals surface area contributed by atoms with Crippen molar-refractivity contribution in [3.8, 4) is 0 Å². The Kier molecular flexibility index (Phi) is 9.31. The first kappa shape index (κ1) is 26.1. The van der Waals surface area contributed by atoms with E-state index in [1.807, 2.05) is 13.0 Å². The molecule has 4 heteroatoms. The van der Waals surface area contributed by atoms with Gasteiger partial charge < -0.3 is 9.22 Å². The van der Waals surface area contributed by atoms with Gasteiger partial charge in [-0.1, -0.05) is 103 Å². The lowest BCUT2D eigenvalue weighted by Crippen LogP contribution is -2.46. The highest BCUT2D eigenvalue weighted by Gasteiger charge is 2.44. The number of carbonyl (C=O) groups is 1. The number of hydrogen-bond donors (Lipinski definition) is 0. The lowest BCUT2D eigenvalue weighted by Gasteiger charge is -2.42. The summed E-state index contributed by atoms with van der Waals surface area (Å²) in [5.41, 5.74) is 2.16. The van der Waals surface area contributed by atoms with Crippen molar-refractivity contribution in [3.63, 3.8) is 0 Å². The van der Waals surface area contributed by atoms with Crippen LogP contribution < -0.4 is 0 Å². The molecule has 0 fully saturated rings. The Morgan fingerprint density at radius 3 is 1.90 bits per heavy atom. The molecule has 0 saturated heterocycles. The minimum atomic E-state index is -2.00. The topological polar surface area (TPSA) is 26.3 Å². The van der Waals surface area contributed by atoms with Crippen molar-refractivity contribution in [3.05, 3.63) is 47.5 Å². The van der Waals surface area contributed by atoms with Gasteiger partial charge in [0.25, 0.3) is 0 Å². The number of rotatable bonds is 10. The van der Waals surface area contributed by atoms with Crippen LogP contribution in [0.25, 0.3) is 0 Å². The van der Waals surface area contributed by atoms with Gasteiger partial charge in [0.05, 0.1) is 6.10 Å². The van der Waals surface area contributed by atoms with E-state index in [1.54, 1.807) is 0 Å². The third-order valence-corrected chi connectivity index (χ3v) is 17.2. The van der Waals surface area contributed by atoms with E-state index in [1.165, 1.54) is 5.56 Å². The Hall–Kier alpha value is -0.976. The standard InChI is InChI=1S/C25H44O2Si2/c1-11-22(24(26)29(12-2,13-3)14-4)20(5)23(21-18-16-15-17-19-21)27-28(9,10)25(6,7)8/h11,15-20,23H,12-14H2,1-10H3/b22-11-/t20-,23?/m1/s1. The van der Waals surface area contributed by atoms with E-state index in [9.17, 15) is 4.79 Å². The van der Waals surface area contributed by atoms with Gasteiger partial charge >= 0.3 is 0 Å². The van der Waals surface area contributed by atoms with Crippen LogP contribution in [0.3, 0.4) is 0 Å². The predicted octanol–water partition coefficient (Wildman–Crippen LogP) is 7.95. The molecule has 0 aromatic heterocycles. The molecular weight excluding hydrogens is 388 g/mol. The summed E-state index contributed by atoms with van der Waals surface area (Å²) in [4.78, 5) is 13.8. The van der Waals surface area contributed by atoms with Crippen LogP contribution >= 0.6 is 0 Å². The van der Waals surface area contributed by atoms with Crippen molar-refractivity contribution >= 4 is 21.8 Å². The SMILES string of the molecule is C/C=C(\C(=O)[Si](CC)(CC)CC)[C@@H](C)C(O[Si](C)(C)C(C)(C)C)c1ccccc1. The average molecular weight is 433 g/mol. The van der Waals surface area contributed by atoms with Gasteiger partial charge in [0.15, 0.2) is 8.32 Å². The number of benzene rings is 1. The van der Waals surface area contributed by atoms with Gasteiger partial charge in [-0.2, -0.15) is 0 Å². The molecule has 0 spiro atoms. The fourth-order valence-electron chi connectivity index (χ4n) is 3.90. The molecule has 1 aromatic rings. The summed E-state index contributed by atoms with van der Waals surface area (Å²) in [5.74, 6) is 0.0422. The molecule has 0 bridgehead atoms. The van der Waals surface area contributed by atoms with Crippen LogP contribution in [0.5, 0.6) is 0 Å². The largest absolute Gasteiger partial charge is 0.409 e. The van der Waals surface area contributed by atoms with Gasteiger partial charge in [-0.15, -0.1) is 0 Å². The highest BCUT2D eigenvalue weighted by Crippen LogP contribution is 2.43. The van der Waals surface area contributed by atoms with E-state index in [-0.39, 0.29) is 17.1 Å². The van der Waals surface area contributed by atoms with Crippen LogP contribution in [0.15, 0.2) is 42.0 Å². The van der Waals surface area contributed by atoms with Gasteiger partial charge in [0.2, 0.25) is 0 Å². The summed E-state index contributed by atoms with van der Waals surface area (Å²) < 4.78 is 6.96. The highest BCUT2D eigenvalue weighted by atomic mass is 28.4. The molecule has 2 nitrogen and oxygen atoms in total. The van der Waals surface area contributed by atoms with Crippen LogP contribution in [0, 0.1) is 5.92 Å². The maximum Gasteiger partial charge on any atom is 0.192 e. The van der Waals surface area contributed by atoms with Crippen molar-refractivity contribution in [2.24, 2.45) is 5.92 Å². The fraction of sp³-hybridized carbons (Fsp3) is 0.640. The molecule has 164 valence electrons. The van der Waals surface area contributed by atoms with Crippen molar-refractivity contribution in [2.75, 3.05) is 0 Å². The van der Waals surface area contributed by atoms with Crippen LogP contribution in [-0.2, 0) is 9.22 Å². The minimum absolute atomic E-state index is 0.0422. The summed E-state index contributed by atoms with van der Waals surface area (Å²) in [7, 11) is -3.97. The second-order valence-electron chi connectivity index (χ2n) is 9.91. The van der Waals surface area contributed by atoms with Crippen molar-refractivity contribution in [1.29, 1.82) is 0 Å². The average Bonchev–Trinajstić information content (AvgIpc) is 2.68. The Bertz CT molecular complexity index is 674. The Labute approximate surface area is 182 Å². The van der Waals surface area contributed by atoms with Crippen LogP contribution in [0.2, 0.25) is 36.3 Å². The molecule has 0 N–H and O–H groups in total. The van der Waals surface area contributed by atoms with E-state index in [2.05, 4.69) is 91.9 Å². The molecule has 1 aromatic carbocycles. The van der Waals surface area contributed by atoms with Crippen molar-refractivity contribution in [1.82, 2.24) is 0 Å². The third kappa shape index (κ3) is 5.80. The molecule has 0 radical (unpaired) electrons. The summed E-state index contributed by atoms with van der Waals surface area (Å²) >= 11 is 0. The monoisotopic (exact) mass is 432 g/mol. The fourth-order valence-corrected chi connectivity index (χ4v) is 8.67. The molecule has 0 saturated carbocycles. The second-order valence-corrected chi connectivity index (χ2v) is 19.8. The van der Waals surface area contributed by atoms with E-state index in [0.29, 0.717) is 5.41 Å². The summed E-state index contributed by atoms with van der Waals surface area (Å²) in [6, 6.07) is 13.5. The van der Waals surface area contributed by atoms with E-state index in [4.69, 9.17) is 4.43 Å². The Morgan fingerprint density at radius 1 is 1.03 bits per heavy atom. The lowest BCUT2D eigenvalue weighted by atomic mass is 9.91. The van der Waals surface area contributed by atoms with Crippen LogP contribution in [0.1, 0.15) is 67.1 Å². The maximum atomic E-state index is 13.8. The first-order valence-electron chi connectivity index (χ1n) is 11.3. The molecule has 0 aliphatic carbocycles. The molecule has 0 heterocycles. The second kappa shape index (κ2) is 10.4. The first-order valence-corrected chi connectivity index (χ1v) is 16.9. The Balaban J connectivity index is 3.42. The summed E-state index contributed by atoms with van der Waals surface area (Å²) in [5, 5.41) is 0.564. The predicted molar refractivity (Wildman–Crippen MR) is 133 cm³/mol. The third-order valence-electron chi connectivity index (χ3n) is 7.39. The minimum Gasteiger partial charge on any atom is -0.409 e. The van der Waals surface area contributed by atoms with E-state index >= 15 is 0 Å². The van der Waals surface area contributed by atoms with E-state index in [0.717, 1.165) is 23.7 Å². The zero-order chi connectivity index (χ0) is 22.5. The normalized spacial score (nSPS) is 15.9. The lowest BCUT2D eigenvalue weighted by molar-refractivity contribution is -0.110. The van der Waals surface area contributed by atoms with Crippen molar-refractivity contribution in [2.45, 2.75) is 97.8 Å². The zero-order valence-electron chi connectivity index (χ0n) is 20.6. The molecule has 1 rings (SSSR count). The van der Waals surface area contributed by atoms with Gasteiger partial charge in [-0.25, -0.2) is 0 Å². The number of allylic oxidation sites excluding steroid dienone is 1. The molecule has 29 heavy (non-hydrogen) atoms. The van der Waals surface area contributed by atoms with Gasteiger partial charge in [-0.3, -0.25) is 0 Å². The molecule has 2 atom stereocenters. The zero-order valence-corrected chi connectivity index (χ0v) is 22.6. The van der Waals surface area contributed by atoms with Crippen LogP contribution in [-0.4, -0.2) is 21.8 Å². The first-order chi connectivity index (χ1) is 13.4. The highest BCUT2D eigenvalue weighted by molar-refractivity contribution is 7.07.